The first-order valence-corrected chi connectivity index (χ1v) is 13.9. The van der Waals surface area contributed by atoms with Crippen molar-refractivity contribution in [3.8, 4) is 0 Å². The molecule has 1 heterocycles. The minimum Gasteiger partial charge on any atom is -0.460 e. The molecule has 0 spiro atoms. The molecule has 12 nitrogen and oxygen atoms in total. The van der Waals surface area contributed by atoms with Crippen LogP contribution in [0.5, 0.6) is 0 Å². The Morgan fingerprint density at radius 2 is 1.71 bits per heavy atom. The minimum atomic E-state index is -1.12. The average Bonchev–Trinajstić information content (AvgIpc) is 3.65. The Hall–Kier alpha value is -3.96. The Labute approximate surface area is 240 Å². The van der Waals surface area contributed by atoms with Gasteiger partial charge >= 0.3 is 12.0 Å². The van der Waals surface area contributed by atoms with Gasteiger partial charge in [-0.1, -0.05) is 70.9 Å². The van der Waals surface area contributed by atoms with E-state index in [-0.39, 0.29) is 25.0 Å². The Morgan fingerprint density at radius 3 is 2.29 bits per heavy atom. The number of carbonyl (C=O) groups is 6. The van der Waals surface area contributed by atoms with E-state index in [0.29, 0.717) is 12.8 Å². The van der Waals surface area contributed by atoms with Gasteiger partial charge < -0.3 is 31.3 Å². The molecule has 1 aliphatic carbocycles. The first-order chi connectivity index (χ1) is 19.3. The second-order valence-electron chi connectivity index (χ2n) is 12.1. The molecule has 3 unspecified atom stereocenters. The lowest BCUT2D eigenvalue weighted by molar-refractivity contribution is -0.143. The van der Waals surface area contributed by atoms with Crippen LogP contribution in [-0.4, -0.2) is 71.6 Å². The van der Waals surface area contributed by atoms with Gasteiger partial charge in [-0.3, -0.25) is 24.0 Å². The molecule has 0 aromatic heterocycles. The summed E-state index contributed by atoms with van der Waals surface area (Å²) in [5.41, 5.74) is 5.26. The second kappa shape index (κ2) is 13.6. The zero-order chi connectivity index (χ0) is 30.3. The Kier molecular flexibility index (Phi) is 10.5. The summed E-state index contributed by atoms with van der Waals surface area (Å²) in [6.45, 7) is 7.16. The number of ether oxygens (including phenoxy) is 1. The van der Waals surface area contributed by atoms with Crippen LogP contribution in [0.25, 0.3) is 0 Å². The maximum absolute atomic E-state index is 13.8. The molecule has 224 valence electrons. The highest BCUT2D eigenvalue weighted by molar-refractivity contribution is 6.37. The van der Waals surface area contributed by atoms with E-state index in [1.165, 1.54) is 4.90 Å². The SMILES string of the molecule is C[C@@H]1CC(C(=O)NC(CC2CC2)C(=O)C(N)=O)N(C(=O)C(NC(=O)NCC(=O)OCc2ccccc2)C(C)(C)C)C1. The van der Waals surface area contributed by atoms with Crippen molar-refractivity contribution in [1.29, 1.82) is 0 Å². The standard InChI is InChI=1S/C29H41N5O7/c1-17-12-21(26(38)32-20(13-18-10-11-18)23(36)25(30)37)34(15-17)27(39)24(29(2,3)4)33-28(40)31-14-22(35)41-16-19-8-6-5-7-9-19/h5-9,17-18,20-21,24H,10-16H2,1-4H3,(H2,30,37)(H,32,38)(H2,31,33,40)/t17-,20?,21?,24?/m1/s1. The number of hydrogen-bond acceptors (Lipinski definition) is 7. The van der Waals surface area contributed by atoms with Crippen LogP contribution in [0.15, 0.2) is 30.3 Å². The lowest BCUT2D eigenvalue weighted by Gasteiger charge is -2.35. The zero-order valence-electron chi connectivity index (χ0n) is 24.1. The molecule has 2 fully saturated rings. The van der Waals surface area contributed by atoms with Crippen molar-refractivity contribution in [3.05, 3.63) is 35.9 Å². The van der Waals surface area contributed by atoms with Crippen molar-refractivity contribution >= 4 is 35.5 Å². The third kappa shape index (κ3) is 9.29. The molecule has 1 aliphatic heterocycles. The highest BCUT2D eigenvalue weighted by atomic mass is 16.5. The molecule has 12 heteroatoms. The van der Waals surface area contributed by atoms with E-state index >= 15 is 0 Å². The lowest BCUT2D eigenvalue weighted by Crippen LogP contribution is -2.60. The fourth-order valence-electron chi connectivity index (χ4n) is 4.83. The van der Waals surface area contributed by atoms with Crippen LogP contribution in [0.2, 0.25) is 0 Å². The number of nitrogens with one attached hydrogen (secondary N) is 3. The fraction of sp³-hybridized carbons (Fsp3) is 0.586. The van der Waals surface area contributed by atoms with Gasteiger partial charge in [-0.15, -0.1) is 0 Å². The van der Waals surface area contributed by atoms with Crippen molar-refractivity contribution in [2.45, 2.75) is 78.1 Å². The summed E-state index contributed by atoms with van der Waals surface area (Å²) in [7, 11) is 0. The molecule has 2 aliphatic rings. The van der Waals surface area contributed by atoms with Crippen LogP contribution in [0.4, 0.5) is 4.79 Å². The number of carbonyl (C=O) groups excluding carboxylic acids is 6. The number of benzene rings is 1. The van der Waals surface area contributed by atoms with E-state index < -0.39 is 65.6 Å². The highest BCUT2D eigenvalue weighted by Gasteiger charge is 2.45. The summed E-state index contributed by atoms with van der Waals surface area (Å²) in [6.07, 6.45) is 2.50. The summed E-state index contributed by atoms with van der Waals surface area (Å²) in [5.74, 6) is -3.40. The van der Waals surface area contributed by atoms with Gasteiger partial charge in [-0.25, -0.2) is 4.79 Å². The van der Waals surface area contributed by atoms with Gasteiger partial charge in [0.25, 0.3) is 5.91 Å². The number of Topliss-reactive ketones (excluding diaryl/α,β-unsaturated/α-hetero) is 1. The van der Waals surface area contributed by atoms with Gasteiger partial charge in [0.05, 0.1) is 6.04 Å². The van der Waals surface area contributed by atoms with Crippen molar-refractivity contribution in [3.63, 3.8) is 0 Å². The highest BCUT2D eigenvalue weighted by Crippen LogP contribution is 2.34. The summed E-state index contributed by atoms with van der Waals surface area (Å²) >= 11 is 0. The third-order valence-corrected chi connectivity index (χ3v) is 7.26. The molecule has 0 radical (unpaired) electrons. The molecular formula is C29H41N5O7. The van der Waals surface area contributed by atoms with Crippen LogP contribution >= 0.6 is 0 Å². The Morgan fingerprint density at radius 1 is 1.05 bits per heavy atom. The number of nitrogens with zero attached hydrogens (tertiary/aromatic N) is 1. The molecule has 4 atom stereocenters. The number of likely N-dealkylation sites (tertiary alicyclic amines) is 1. The summed E-state index contributed by atoms with van der Waals surface area (Å²) in [6, 6.07) is 5.41. The van der Waals surface area contributed by atoms with E-state index in [2.05, 4.69) is 16.0 Å². The van der Waals surface area contributed by atoms with E-state index in [1.807, 2.05) is 37.3 Å². The first-order valence-electron chi connectivity index (χ1n) is 13.9. The van der Waals surface area contributed by atoms with E-state index in [0.717, 1.165) is 18.4 Å². The molecule has 3 rings (SSSR count). The maximum Gasteiger partial charge on any atom is 0.325 e. The van der Waals surface area contributed by atoms with Crippen molar-refractivity contribution in [2.75, 3.05) is 13.1 Å². The summed E-state index contributed by atoms with van der Waals surface area (Å²) in [5, 5.41) is 7.73. The van der Waals surface area contributed by atoms with Crippen LogP contribution in [0.1, 0.15) is 58.9 Å². The first kappa shape index (κ1) is 31.6. The Balaban J connectivity index is 1.62. The molecule has 1 saturated carbocycles. The number of urea groups is 1. The van der Waals surface area contributed by atoms with Crippen LogP contribution in [0.3, 0.4) is 0 Å². The number of ketones is 1. The van der Waals surface area contributed by atoms with Gasteiger partial charge in [0.1, 0.15) is 25.2 Å². The lowest BCUT2D eigenvalue weighted by atomic mass is 9.85. The second-order valence-corrected chi connectivity index (χ2v) is 12.1. The number of rotatable bonds is 12. The number of amides is 5. The van der Waals surface area contributed by atoms with Crippen molar-refractivity contribution in [1.82, 2.24) is 20.9 Å². The predicted molar refractivity (Wildman–Crippen MR) is 149 cm³/mol. The molecule has 0 bridgehead atoms. The number of esters is 1. The molecule has 5 amide bonds. The molecule has 1 aromatic carbocycles. The Bertz CT molecular complexity index is 1150. The topological polar surface area (TPSA) is 177 Å². The van der Waals surface area contributed by atoms with Crippen molar-refractivity contribution in [2.24, 2.45) is 23.0 Å². The van der Waals surface area contributed by atoms with E-state index in [1.54, 1.807) is 20.8 Å². The van der Waals surface area contributed by atoms with Crippen molar-refractivity contribution < 1.29 is 33.5 Å². The van der Waals surface area contributed by atoms with E-state index in [9.17, 15) is 28.8 Å². The van der Waals surface area contributed by atoms with Crippen LogP contribution < -0.4 is 21.7 Å². The molecular weight excluding hydrogens is 530 g/mol. The predicted octanol–water partition coefficient (Wildman–Crippen LogP) is 1.02. The average molecular weight is 572 g/mol. The van der Waals surface area contributed by atoms with Gasteiger partial charge in [0, 0.05) is 6.54 Å². The van der Waals surface area contributed by atoms with Gasteiger partial charge in [-0.2, -0.15) is 0 Å². The quantitative estimate of drug-likeness (QED) is 0.214. The molecule has 1 saturated heterocycles. The fourth-order valence-corrected chi connectivity index (χ4v) is 4.83. The summed E-state index contributed by atoms with van der Waals surface area (Å²) < 4.78 is 5.17. The van der Waals surface area contributed by atoms with E-state index in [4.69, 9.17) is 10.5 Å². The molecule has 5 N–H and O–H groups in total. The van der Waals surface area contributed by atoms with Crippen LogP contribution in [-0.2, 0) is 35.3 Å². The normalized spacial score (nSPS) is 20.0. The third-order valence-electron chi connectivity index (χ3n) is 7.26. The maximum atomic E-state index is 13.8. The molecule has 41 heavy (non-hydrogen) atoms. The van der Waals surface area contributed by atoms with Gasteiger partial charge in [-0.05, 0) is 35.7 Å². The monoisotopic (exact) mass is 571 g/mol. The number of nitrogens with two attached hydrogens (primary N) is 1. The summed E-state index contributed by atoms with van der Waals surface area (Å²) in [4.78, 5) is 77.2. The van der Waals surface area contributed by atoms with Crippen LogP contribution in [0, 0.1) is 17.3 Å². The van der Waals surface area contributed by atoms with Gasteiger partial charge in [0.2, 0.25) is 17.6 Å². The molecule has 1 aromatic rings. The zero-order valence-corrected chi connectivity index (χ0v) is 24.1. The largest absolute Gasteiger partial charge is 0.460 e. The number of hydrogen-bond donors (Lipinski definition) is 4. The minimum absolute atomic E-state index is 0.0164. The smallest absolute Gasteiger partial charge is 0.325 e. The van der Waals surface area contributed by atoms with Gasteiger partial charge in [0.15, 0.2) is 0 Å². The number of primary amides is 1.